The maximum atomic E-state index is 12.4. The lowest BCUT2D eigenvalue weighted by atomic mass is 10.2. The second-order valence-corrected chi connectivity index (χ2v) is 7.67. The average Bonchev–Trinajstić information content (AvgIpc) is 2.64. The van der Waals surface area contributed by atoms with Crippen molar-refractivity contribution in [2.24, 2.45) is 0 Å². The Morgan fingerprint density at radius 3 is 2.56 bits per heavy atom. The fourth-order valence-electron chi connectivity index (χ4n) is 2.34. The van der Waals surface area contributed by atoms with E-state index in [0.29, 0.717) is 17.2 Å². The molecule has 27 heavy (non-hydrogen) atoms. The van der Waals surface area contributed by atoms with E-state index < -0.39 is 0 Å². The molecule has 2 aromatic carbocycles. The van der Waals surface area contributed by atoms with Crippen molar-refractivity contribution < 1.29 is 9.53 Å². The third kappa shape index (κ3) is 7.48. The molecule has 7 heteroatoms. The van der Waals surface area contributed by atoms with Gasteiger partial charge in [-0.1, -0.05) is 37.8 Å². The first-order chi connectivity index (χ1) is 13.0. The zero-order chi connectivity index (χ0) is 19.6. The predicted octanol–water partition coefficient (Wildman–Crippen LogP) is 6.19. The number of amides is 1. The minimum atomic E-state index is -0.295. The van der Waals surface area contributed by atoms with Crippen molar-refractivity contribution in [2.45, 2.75) is 32.6 Å². The molecule has 0 heterocycles. The number of carbonyl (C=O) groups excluding carboxylic acids is 1. The second kappa shape index (κ2) is 11.3. The van der Waals surface area contributed by atoms with E-state index in [1.807, 2.05) is 0 Å². The Hall–Kier alpha value is -1.63. The summed E-state index contributed by atoms with van der Waals surface area (Å²) in [5, 5.41) is 6.45. The van der Waals surface area contributed by atoms with Gasteiger partial charge in [0.15, 0.2) is 5.11 Å². The fraction of sp³-hybridized carbons (Fsp3) is 0.300. The van der Waals surface area contributed by atoms with E-state index in [-0.39, 0.29) is 11.0 Å². The molecule has 144 valence electrons. The number of halogens is 2. The molecular formula is C20H22BrClN2O2S. The normalized spacial score (nSPS) is 10.3. The number of rotatable bonds is 8. The van der Waals surface area contributed by atoms with Crippen LogP contribution in [-0.2, 0) is 0 Å². The average molecular weight is 470 g/mol. The van der Waals surface area contributed by atoms with Crippen LogP contribution in [-0.4, -0.2) is 17.6 Å². The third-order valence-electron chi connectivity index (χ3n) is 3.78. The Morgan fingerprint density at radius 1 is 1.15 bits per heavy atom. The summed E-state index contributed by atoms with van der Waals surface area (Å²) in [6.07, 6.45) is 4.59. The molecule has 0 spiro atoms. The van der Waals surface area contributed by atoms with Gasteiger partial charge in [-0.3, -0.25) is 10.1 Å². The molecule has 0 aromatic heterocycles. The number of benzene rings is 2. The summed E-state index contributed by atoms with van der Waals surface area (Å²) in [5.74, 6) is 0.432. The number of carbonyl (C=O) groups is 1. The fourth-order valence-corrected chi connectivity index (χ4v) is 3.17. The highest BCUT2D eigenvalue weighted by molar-refractivity contribution is 9.10. The standard InChI is InChI=1S/C20H22BrClN2O2S/c1-2-3-4-5-12-26-18-11-6-14(13-17(18)21)19(25)24-20(27)23-16-9-7-15(22)8-10-16/h6-11,13H,2-5,12H2,1H3,(H2,23,24,25,27). The van der Waals surface area contributed by atoms with Crippen molar-refractivity contribution >= 4 is 56.5 Å². The van der Waals surface area contributed by atoms with E-state index in [2.05, 4.69) is 33.5 Å². The molecule has 0 fully saturated rings. The van der Waals surface area contributed by atoms with E-state index in [4.69, 9.17) is 28.6 Å². The molecule has 2 rings (SSSR count). The Kier molecular flexibility index (Phi) is 9.04. The van der Waals surface area contributed by atoms with E-state index in [1.54, 1.807) is 42.5 Å². The van der Waals surface area contributed by atoms with E-state index in [9.17, 15) is 4.79 Å². The van der Waals surface area contributed by atoms with Gasteiger partial charge in [-0.2, -0.15) is 0 Å². The van der Waals surface area contributed by atoms with Gasteiger partial charge in [-0.25, -0.2) is 0 Å². The SMILES string of the molecule is CCCCCCOc1ccc(C(=O)NC(=S)Nc2ccc(Cl)cc2)cc1Br. The van der Waals surface area contributed by atoms with Gasteiger partial charge < -0.3 is 10.1 Å². The van der Waals surface area contributed by atoms with E-state index >= 15 is 0 Å². The summed E-state index contributed by atoms with van der Waals surface area (Å²) in [7, 11) is 0. The molecule has 0 bridgehead atoms. The maximum absolute atomic E-state index is 12.4. The molecule has 0 aliphatic rings. The highest BCUT2D eigenvalue weighted by Gasteiger charge is 2.11. The van der Waals surface area contributed by atoms with Crippen LogP contribution in [0.25, 0.3) is 0 Å². The zero-order valence-electron chi connectivity index (χ0n) is 15.1. The van der Waals surface area contributed by atoms with Crippen molar-refractivity contribution in [2.75, 3.05) is 11.9 Å². The van der Waals surface area contributed by atoms with Crippen LogP contribution in [0, 0.1) is 0 Å². The predicted molar refractivity (Wildman–Crippen MR) is 119 cm³/mol. The minimum absolute atomic E-state index is 0.217. The molecule has 0 saturated carbocycles. The molecule has 0 unspecified atom stereocenters. The largest absolute Gasteiger partial charge is 0.492 e. The molecule has 0 atom stereocenters. The van der Waals surface area contributed by atoms with Crippen molar-refractivity contribution in [3.63, 3.8) is 0 Å². The Morgan fingerprint density at radius 2 is 1.89 bits per heavy atom. The number of ether oxygens (including phenoxy) is 1. The maximum Gasteiger partial charge on any atom is 0.257 e. The zero-order valence-corrected chi connectivity index (χ0v) is 18.2. The van der Waals surface area contributed by atoms with Crippen molar-refractivity contribution in [1.82, 2.24) is 5.32 Å². The van der Waals surface area contributed by atoms with E-state index in [1.165, 1.54) is 12.8 Å². The number of thiocarbonyl (C=S) groups is 1. The smallest absolute Gasteiger partial charge is 0.257 e. The first-order valence-corrected chi connectivity index (χ1v) is 10.4. The molecular weight excluding hydrogens is 448 g/mol. The van der Waals surface area contributed by atoms with Gasteiger partial charge >= 0.3 is 0 Å². The van der Waals surface area contributed by atoms with E-state index in [0.717, 1.165) is 28.8 Å². The summed E-state index contributed by atoms with van der Waals surface area (Å²) < 4.78 is 6.50. The summed E-state index contributed by atoms with van der Waals surface area (Å²) >= 11 is 14.5. The second-order valence-electron chi connectivity index (χ2n) is 5.97. The number of unbranched alkanes of at least 4 members (excludes halogenated alkanes) is 3. The van der Waals surface area contributed by atoms with Gasteiger partial charge in [0.1, 0.15) is 5.75 Å². The van der Waals surface area contributed by atoms with Gasteiger partial charge in [0.2, 0.25) is 0 Å². The summed E-state index contributed by atoms with van der Waals surface area (Å²) in [5.41, 5.74) is 1.23. The van der Waals surface area contributed by atoms with Crippen LogP contribution in [0.5, 0.6) is 5.75 Å². The molecule has 1 amide bonds. The van der Waals surface area contributed by atoms with Crippen LogP contribution in [0.3, 0.4) is 0 Å². The first kappa shape index (κ1) is 21.7. The van der Waals surface area contributed by atoms with Crippen LogP contribution in [0.2, 0.25) is 5.02 Å². The van der Waals surface area contributed by atoms with Crippen molar-refractivity contribution in [1.29, 1.82) is 0 Å². The Labute approximate surface area is 178 Å². The van der Waals surface area contributed by atoms with Gasteiger partial charge in [0, 0.05) is 16.3 Å². The molecule has 0 aliphatic carbocycles. The molecule has 2 aromatic rings. The summed E-state index contributed by atoms with van der Waals surface area (Å²) in [4.78, 5) is 12.4. The molecule has 2 N–H and O–H groups in total. The number of anilines is 1. The molecule has 0 radical (unpaired) electrons. The lowest BCUT2D eigenvalue weighted by Crippen LogP contribution is -2.34. The Balaban J connectivity index is 1.87. The first-order valence-electron chi connectivity index (χ1n) is 8.80. The van der Waals surface area contributed by atoms with Crippen molar-refractivity contribution in [3.8, 4) is 5.75 Å². The van der Waals surface area contributed by atoms with Crippen LogP contribution in [0.4, 0.5) is 5.69 Å². The quantitative estimate of drug-likeness (QED) is 0.357. The van der Waals surface area contributed by atoms with Crippen LogP contribution in [0.15, 0.2) is 46.9 Å². The lowest BCUT2D eigenvalue weighted by Gasteiger charge is -2.11. The monoisotopic (exact) mass is 468 g/mol. The summed E-state index contributed by atoms with van der Waals surface area (Å²) in [6.45, 7) is 2.84. The van der Waals surface area contributed by atoms with Gasteiger partial charge in [-0.15, -0.1) is 0 Å². The van der Waals surface area contributed by atoms with Gasteiger partial charge in [-0.05, 0) is 77.0 Å². The molecule has 0 aliphatic heterocycles. The van der Waals surface area contributed by atoms with Gasteiger partial charge in [0.05, 0.1) is 11.1 Å². The Bertz CT molecular complexity index is 784. The lowest BCUT2D eigenvalue weighted by molar-refractivity contribution is 0.0977. The topological polar surface area (TPSA) is 50.4 Å². The highest BCUT2D eigenvalue weighted by Crippen LogP contribution is 2.26. The number of nitrogens with one attached hydrogen (secondary N) is 2. The minimum Gasteiger partial charge on any atom is -0.492 e. The molecule has 0 saturated heterocycles. The van der Waals surface area contributed by atoms with Crippen molar-refractivity contribution in [3.05, 3.63) is 57.5 Å². The highest BCUT2D eigenvalue weighted by atomic mass is 79.9. The third-order valence-corrected chi connectivity index (χ3v) is 4.85. The van der Waals surface area contributed by atoms with Crippen LogP contribution >= 0.6 is 39.7 Å². The molecule has 4 nitrogen and oxygen atoms in total. The number of hydrogen-bond acceptors (Lipinski definition) is 3. The van der Waals surface area contributed by atoms with Crippen LogP contribution < -0.4 is 15.4 Å². The van der Waals surface area contributed by atoms with Crippen LogP contribution in [0.1, 0.15) is 43.0 Å². The van der Waals surface area contributed by atoms with Gasteiger partial charge in [0.25, 0.3) is 5.91 Å². The summed E-state index contributed by atoms with van der Waals surface area (Å²) in [6, 6.07) is 12.3. The number of hydrogen-bond donors (Lipinski definition) is 2.